The van der Waals surface area contributed by atoms with Crippen LogP contribution in [0.3, 0.4) is 0 Å². The number of hydrogen-bond donors (Lipinski definition) is 4. The summed E-state index contributed by atoms with van der Waals surface area (Å²) in [5, 5.41) is 28.8. The van der Waals surface area contributed by atoms with Gasteiger partial charge in [-0.1, -0.05) is 5.16 Å². The summed E-state index contributed by atoms with van der Waals surface area (Å²) in [7, 11) is 0. The highest BCUT2D eigenvalue weighted by Gasteiger charge is 2.13. The van der Waals surface area contributed by atoms with Crippen molar-refractivity contribution in [3.8, 4) is 34.5 Å². The van der Waals surface area contributed by atoms with Gasteiger partial charge in [0.1, 0.15) is 11.5 Å². The molecule has 0 saturated carbocycles. The number of aromatic amines is 1. The van der Waals surface area contributed by atoms with E-state index in [0.717, 1.165) is 0 Å². The molecule has 0 bridgehead atoms. The smallest absolute Gasteiger partial charge is 0.276 e. The molecule has 8 nitrogen and oxygen atoms in total. The SMILES string of the molecule is Nc1cc(-c2nc(-c3ccc(O)c(O)c3)no2)[nH]n1. The molecule has 0 atom stereocenters. The number of H-pyrrole nitrogens is 1. The summed E-state index contributed by atoms with van der Waals surface area (Å²) in [4.78, 5) is 4.14. The molecule has 19 heavy (non-hydrogen) atoms. The van der Waals surface area contributed by atoms with Gasteiger partial charge >= 0.3 is 0 Å². The first-order valence-electron chi connectivity index (χ1n) is 5.31. The van der Waals surface area contributed by atoms with Crippen LogP contribution in [0.2, 0.25) is 0 Å². The summed E-state index contributed by atoms with van der Waals surface area (Å²) >= 11 is 0. The minimum absolute atomic E-state index is 0.214. The molecular formula is C11H9N5O3. The third-order valence-electron chi connectivity index (χ3n) is 2.49. The third-order valence-corrected chi connectivity index (χ3v) is 2.49. The zero-order chi connectivity index (χ0) is 13.4. The predicted molar refractivity (Wildman–Crippen MR) is 65.1 cm³/mol. The number of phenols is 2. The molecule has 8 heteroatoms. The van der Waals surface area contributed by atoms with Gasteiger partial charge in [0.15, 0.2) is 11.5 Å². The number of phenolic OH excluding ortho intramolecular Hbond substituents is 2. The summed E-state index contributed by atoms with van der Waals surface area (Å²) in [5.74, 6) is 0.353. The predicted octanol–water partition coefficient (Wildman–Crippen LogP) is 1.12. The number of nitrogens with one attached hydrogen (secondary N) is 1. The van der Waals surface area contributed by atoms with Crippen molar-refractivity contribution >= 4 is 5.82 Å². The zero-order valence-electron chi connectivity index (χ0n) is 9.53. The van der Waals surface area contributed by atoms with E-state index in [0.29, 0.717) is 17.1 Å². The van der Waals surface area contributed by atoms with E-state index in [1.807, 2.05) is 0 Å². The van der Waals surface area contributed by atoms with Crippen molar-refractivity contribution in [2.75, 3.05) is 5.73 Å². The molecule has 0 amide bonds. The molecule has 3 rings (SSSR count). The first kappa shape index (κ1) is 11.1. The Morgan fingerprint density at radius 3 is 2.68 bits per heavy atom. The van der Waals surface area contributed by atoms with Crippen molar-refractivity contribution in [1.29, 1.82) is 0 Å². The monoisotopic (exact) mass is 259 g/mol. The Kier molecular flexibility index (Phi) is 2.34. The Hall–Kier alpha value is -3.03. The van der Waals surface area contributed by atoms with Crippen LogP contribution in [0.1, 0.15) is 0 Å². The van der Waals surface area contributed by atoms with Gasteiger partial charge in [0.05, 0.1) is 0 Å². The molecule has 0 aliphatic heterocycles. The molecule has 0 spiro atoms. The van der Waals surface area contributed by atoms with Crippen molar-refractivity contribution < 1.29 is 14.7 Å². The van der Waals surface area contributed by atoms with E-state index in [-0.39, 0.29) is 23.2 Å². The molecule has 0 fully saturated rings. The van der Waals surface area contributed by atoms with Crippen LogP contribution in [0.5, 0.6) is 11.5 Å². The van der Waals surface area contributed by atoms with E-state index in [9.17, 15) is 10.2 Å². The number of nitrogens with zero attached hydrogens (tertiary/aromatic N) is 3. The number of nitrogens with two attached hydrogens (primary N) is 1. The first-order chi connectivity index (χ1) is 9.13. The minimum Gasteiger partial charge on any atom is -0.504 e. The second-order valence-electron chi connectivity index (χ2n) is 3.83. The van der Waals surface area contributed by atoms with Crippen LogP contribution in [-0.4, -0.2) is 30.6 Å². The molecule has 5 N–H and O–H groups in total. The third kappa shape index (κ3) is 1.95. The van der Waals surface area contributed by atoms with Crippen molar-refractivity contribution in [3.05, 3.63) is 24.3 Å². The molecular weight excluding hydrogens is 250 g/mol. The number of anilines is 1. The quantitative estimate of drug-likeness (QED) is 0.506. The van der Waals surface area contributed by atoms with E-state index in [4.69, 9.17) is 10.3 Å². The number of aromatic nitrogens is 4. The maximum atomic E-state index is 9.42. The van der Waals surface area contributed by atoms with E-state index >= 15 is 0 Å². The van der Waals surface area contributed by atoms with Gasteiger partial charge in [-0.3, -0.25) is 5.10 Å². The van der Waals surface area contributed by atoms with Crippen molar-refractivity contribution in [2.45, 2.75) is 0 Å². The summed E-state index contributed by atoms with van der Waals surface area (Å²) in [6.45, 7) is 0. The molecule has 2 heterocycles. The standard InChI is InChI=1S/C11H9N5O3/c12-9-4-6(14-15-9)11-13-10(16-19-11)5-1-2-7(17)8(18)3-5/h1-4,17-18H,(H3,12,14,15). The summed E-state index contributed by atoms with van der Waals surface area (Å²) < 4.78 is 5.06. The van der Waals surface area contributed by atoms with Gasteiger partial charge in [0.25, 0.3) is 5.89 Å². The van der Waals surface area contributed by atoms with Crippen molar-refractivity contribution in [1.82, 2.24) is 20.3 Å². The number of hydrogen-bond acceptors (Lipinski definition) is 7. The topological polar surface area (TPSA) is 134 Å². The maximum absolute atomic E-state index is 9.42. The lowest BCUT2D eigenvalue weighted by molar-refractivity contribution is 0.403. The van der Waals surface area contributed by atoms with Crippen molar-refractivity contribution in [2.24, 2.45) is 0 Å². The van der Waals surface area contributed by atoms with Crippen molar-refractivity contribution in [3.63, 3.8) is 0 Å². The fourth-order valence-corrected chi connectivity index (χ4v) is 1.56. The van der Waals surface area contributed by atoms with Crippen LogP contribution in [-0.2, 0) is 0 Å². The van der Waals surface area contributed by atoms with Gasteiger partial charge in [-0.25, -0.2) is 0 Å². The van der Waals surface area contributed by atoms with Crippen LogP contribution in [0.4, 0.5) is 5.82 Å². The molecule has 1 aromatic carbocycles. The van der Waals surface area contributed by atoms with Crippen LogP contribution >= 0.6 is 0 Å². The minimum atomic E-state index is -0.255. The van der Waals surface area contributed by atoms with Gasteiger partial charge in [-0.05, 0) is 18.2 Å². The van der Waals surface area contributed by atoms with Gasteiger partial charge in [-0.2, -0.15) is 10.1 Å². The molecule has 0 unspecified atom stereocenters. The second kappa shape index (κ2) is 4.02. The molecule has 0 aliphatic carbocycles. The van der Waals surface area contributed by atoms with Crippen LogP contribution in [0.15, 0.2) is 28.8 Å². The lowest BCUT2D eigenvalue weighted by Gasteiger charge is -1.98. The van der Waals surface area contributed by atoms with E-state index in [1.54, 1.807) is 12.1 Å². The van der Waals surface area contributed by atoms with Gasteiger partial charge in [0.2, 0.25) is 5.82 Å². The Morgan fingerprint density at radius 2 is 2.00 bits per heavy atom. The Morgan fingerprint density at radius 1 is 1.16 bits per heavy atom. The Bertz CT molecular complexity index is 734. The fraction of sp³-hybridized carbons (Fsp3) is 0. The summed E-state index contributed by atoms with van der Waals surface area (Å²) in [6, 6.07) is 5.80. The number of aromatic hydroxyl groups is 2. The molecule has 96 valence electrons. The highest BCUT2D eigenvalue weighted by molar-refractivity contribution is 5.62. The number of rotatable bonds is 2. The lowest BCUT2D eigenvalue weighted by Crippen LogP contribution is -1.81. The van der Waals surface area contributed by atoms with Crippen LogP contribution in [0.25, 0.3) is 23.0 Å². The normalized spacial score (nSPS) is 10.7. The molecule has 0 radical (unpaired) electrons. The van der Waals surface area contributed by atoms with Gasteiger partial charge in [-0.15, -0.1) is 0 Å². The van der Waals surface area contributed by atoms with Gasteiger partial charge in [0, 0.05) is 11.6 Å². The highest BCUT2D eigenvalue weighted by atomic mass is 16.5. The van der Waals surface area contributed by atoms with Gasteiger partial charge < -0.3 is 20.5 Å². The van der Waals surface area contributed by atoms with Crippen LogP contribution < -0.4 is 5.73 Å². The van der Waals surface area contributed by atoms with E-state index in [1.165, 1.54) is 12.1 Å². The summed E-state index contributed by atoms with van der Waals surface area (Å²) in [5.41, 5.74) is 6.49. The van der Waals surface area contributed by atoms with Crippen LogP contribution in [0, 0.1) is 0 Å². The Labute approximate surface area is 106 Å². The fourth-order valence-electron chi connectivity index (χ4n) is 1.56. The first-order valence-corrected chi connectivity index (χ1v) is 5.31. The maximum Gasteiger partial charge on any atom is 0.276 e. The summed E-state index contributed by atoms with van der Waals surface area (Å²) in [6.07, 6.45) is 0. The molecule has 0 aliphatic rings. The average molecular weight is 259 g/mol. The lowest BCUT2D eigenvalue weighted by atomic mass is 10.2. The average Bonchev–Trinajstić information content (AvgIpc) is 3.01. The number of nitrogen functional groups attached to an aromatic ring is 1. The molecule has 3 aromatic rings. The zero-order valence-corrected chi connectivity index (χ0v) is 9.53. The molecule has 2 aromatic heterocycles. The second-order valence-corrected chi connectivity index (χ2v) is 3.83. The van der Waals surface area contributed by atoms with E-state index < -0.39 is 0 Å². The Balaban J connectivity index is 1.98. The largest absolute Gasteiger partial charge is 0.504 e. The molecule has 0 saturated heterocycles. The van der Waals surface area contributed by atoms with E-state index in [2.05, 4.69) is 20.3 Å². The number of benzene rings is 1. The highest BCUT2D eigenvalue weighted by Crippen LogP contribution is 2.30.